The topological polar surface area (TPSA) is 33.0 Å². The van der Waals surface area contributed by atoms with Crippen LogP contribution in [-0.2, 0) is 11.2 Å². The van der Waals surface area contributed by atoms with Crippen molar-refractivity contribution >= 4 is 0 Å². The second kappa shape index (κ2) is 7.11. The zero-order valence-corrected chi connectivity index (χ0v) is 8.28. The predicted molar refractivity (Wildman–Crippen MR) is 55.8 cm³/mol. The molecule has 0 saturated carbocycles. The van der Waals surface area contributed by atoms with Crippen molar-refractivity contribution in [3.8, 4) is 6.07 Å². The van der Waals surface area contributed by atoms with Gasteiger partial charge in [0.15, 0.2) is 0 Å². The van der Waals surface area contributed by atoms with Gasteiger partial charge in [0, 0.05) is 13.0 Å². The van der Waals surface area contributed by atoms with Crippen molar-refractivity contribution in [2.75, 3.05) is 13.2 Å². The van der Waals surface area contributed by atoms with Gasteiger partial charge in [-0.2, -0.15) is 5.26 Å². The van der Waals surface area contributed by atoms with E-state index in [1.807, 2.05) is 18.2 Å². The van der Waals surface area contributed by atoms with Gasteiger partial charge in [-0.1, -0.05) is 30.3 Å². The summed E-state index contributed by atoms with van der Waals surface area (Å²) in [6.45, 7) is 1.44. The van der Waals surface area contributed by atoms with Gasteiger partial charge in [-0.3, -0.25) is 0 Å². The Bertz CT molecular complexity index is 276. The number of nitrogens with zero attached hydrogens (tertiary/aromatic N) is 1. The van der Waals surface area contributed by atoms with Crippen molar-refractivity contribution in [3.63, 3.8) is 0 Å². The maximum absolute atomic E-state index is 8.30. The number of unbranched alkanes of at least 4 members (excludes halogenated alkanes) is 1. The van der Waals surface area contributed by atoms with Crippen molar-refractivity contribution in [2.45, 2.75) is 19.3 Å². The van der Waals surface area contributed by atoms with Gasteiger partial charge in [0.2, 0.25) is 0 Å². The Morgan fingerprint density at radius 2 is 1.93 bits per heavy atom. The highest BCUT2D eigenvalue weighted by Gasteiger charge is 1.91. The monoisotopic (exact) mass is 189 g/mol. The van der Waals surface area contributed by atoms with E-state index in [-0.39, 0.29) is 0 Å². The van der Waals surface area contributed by atoms with Crippen LogP contribution in [0.2, 0.25) is 0 Å². The molecule has 0 fully saturated rings. The van der Waals surface area contributed by atoms with Crippen LogP contribution < -0.4 is 0 Å². The van der Waals surface area contributed by atoms with Crippen LogP contribution in [0.5, 0.6) is 0 Å². The highest BCUT2D eigenvalue weighted by molar-refractivity contribution is 5.14. The average molecular weight is 189 g/mol. The minimum absolute atomic E-state index is 0.589. The molecule has 0 aliphatic carbocycles. The van der Waals surface area contributed by atoms with Crippen LogP contribution in [0, 0.1) is 11.3 Å². The van der Waals surface area contributed by atoms with Gasteiger partial charge in [-0.15, -0.1) is 0 Å². The Labute approximate surface area is 85.1 Å². The number of hydrogen-bond acceptors (Lipinski definition) is 2. The first kappa shape index (κ1) is 10.7. The summed E-state index contributed by atoms with van der Waals surface area (Å²) in [4.78, 5) is 0. The van der Waals surface area contributed by atoms with E-state index in [1.54, 1.807) is 0 Å². The van der Waals surface area contributed by atoms with Crippen molar-refractivity contribution in [1.82, 2.24) is 0 Å². The minimum Gasteiger partial charge on any atom is -0.381 e. The molecule has 0 unspecified atom stereocenters. The molecule has 74 valence electrons. The molecule has 0 N–H and O–H groups in total. The number of benzene rings is 1. The van der Waals surface area contributed by atoms with Gasteiger partial charge in [-0.25, -0.2) is 0 Å². The van der Waals surface area contributed by atoms with Crippen molar-refractivity contribution in [1.29, 1.82) is 5.26 Å². The normalized spacial score (nSPS) is 9.64. The molecular weight excluding hydrogens is 174 g/mol. The third kappa shape index (κ3) is 4.64. The van der Waals surface area contributed by atoms with Gasteiger partial charge in [0.25, 0.3) is 0 Å². The van der Waals surface area contributed by atoms with E-state index >= 15 is 0 Å². The fourth-order valence-electron chi connectivity index (χ4n) is 1.19. The average Bonchev–Trinajstić information content (AvgIpc) is 2.25. The predicted octanol–water partition coefficient (Wildman–Crippen LogP) is 2.55. The summed E-state index contributed by atoms with van der Waals surface area (Å²) in [5.74, 6) is 0. The number of rotatable bonds is 6. The van der Waals surface area contributed by atoms with Gasteiger partial charge in [0.1, 0.15) is 0 Å². The molecule has 0 heterocycles. The first-order chi connectivity index (χ1) is 6.93. The Balaban J connectivity index is 2.03. The summed E-state index contributed by atoms with van der Waals surface area (Å²) >= 11 is 0. The molecule has 0 spiro atoms. The molecule has 0 bridgehead atoms. The van der Waals surface area contributed by atoms with Gasteiger partial charge in [0.05, 0.1) is 12.7 Å². The van der Waals surface area contributed by atoms with Gasteiger partial charge in [-0.05, 0) is 18.4 Å². The fraction of sp³-hybridized carbons (Fsp3) is 0.417. The lowest BCUT2D eigenvalue weighted by Gasteiger charge is -2.02. The van der Waals surface area contributed by atoms with E-state index in [2.05, 4.69) is 18.2 Å². The third-order valence-electron chi connectivity index (χ3n) is 1.96. The molecule has 0 radical (unpaired) electrons. The zero-order chi connectivity index (χ0) is 10.1. The first-order valence-electron chi connectivity index (χ1n) is 4.92. The van der Waals surface area contributed by atoms with Crippen molar-refractivity contribution < 1.29 is 4.74 Å². The van der Waals surface area contributed by atoms with Crippen LogP contribution in [0.1, 0.15) is 18.4 Å². The molecule has 1 rings (SSSR count). The quantitative estimate of drug-likeness (QED) is 0.644. The van der Waals surface area contributed by atoms with Crippen LogP contribution in [0.3, 0.4) is 0 Å². The highest BCUT2D eigenvalue weighted by Crippen LogP contribution is 1.99. The van der Waals surface area contributed by atoms with Crippen LogP contribution in [0.25, 0.3) is 0 Å². The van der Waals surface area contributed by atoms with E-state index in [0.29, 0.717) is 13.0 Å². The minimum atomic E-state index is 0.589. The smallest absolute Gasteiger partial charge is 0.0622 e. The number of nitriles is 1. The second-order valence-corrected chi connectivity index (χ2v) is 3.11. The molecule has 2 nitrogen and oxygen atoms in total. The molecule has 1 aromatic rings. The Hall–Kier alpha value is -1.33. The SMILES string of the molecule is N#CCCCOCCc1ccccc1. The van der Waals surface area contributed by atoms with Gasteiger partial charge < -0.3 is 4.74 Å². The maximum atomic E-state index is 8.30. The molecule has 0 amide bonds. The van der Waals surface area contributed by atoms with Crippen molar-refractivity contribution in [2.24, 2.45) is 0 Å². The van der Waals surface area contributed by atoms with E-state index in [4.69, 9.17) is 10.00 Å². The lowest BCUT2D eigenvalue weighted by Crippen LogP contribution is -1.99. The molecule has 0 saturated heterocycles. The highest BCUT2D eigenvalue weighted by atomic mass is 16.5. The van der Waals surface area contributed by atoms with Crippen LogP contribution >= 0.6 is 0 Å². The largest absolute Gasteiger partial charge is 0.381 e. The molecule has 0 aromatic heterocycles. The first-order valence-corrected chi connectivity index (χ1v) is 4.92. The van der Waals surface area contributed by atoms with Crippen molar-refractivity contribution in [3.05, 3.63) is 35.9 Å². The number of hydrogen-bond donors (Lipinski definition) is 0. The summed E-state index contributed by atoms with van der Waals surface area (Å²) < 4.78 is 5.39. The zero-order valence-electron chi connectivity index (χ0n) is 8.28. The third-order valence-corrected chi connectivity index (χ3v) is 1.96. The molecule has 2 heteroatoms. The van der Waals surface area contributed by atoms with E-state index < -0.39 is 0 Å². The summed E-state index contributed by atoms with van der Waals surface area (Å²) in [6, 6.07) is 12.4. The van der Waals surface area contributed by atoms with Gasteiger partial charge >= 0.3 is 0 Å². The van der Waals surface area contributed by atoms with Crippen LogP contribution in [0.4, 0.5) is 0 Å². The second-order valence-electron chi connectivity index (χ2n) is 3.11. The number of ether oxygens (including phenoxy) is 1. The van der Waals surface area contributed by atoms with E-state index in [1.165, 1.54) is 5.56 Å². The van der Waals surface area contributed by atoms with E-state index in [0.717, 1.165) is 19.4 Å². The van der Waals surface area contributed by atoms with Crippen LogP contribution in [0.15, 0.2) is 30.3 Å². The summed E-state index contributed by atoms with van der Waals surface area (Å²) in [5, 5.41) is 8.30. The summed E-state index contributed by atoms with van der Waals surface area (Å²) in [7, 11) is 0. The Kier molecular flexibility index (Phi) is 5.46. The van der Waals surface area contributed by atoms with E-state index in [9.17, 15) is 0 Å². The Morgan fingerprint density at radius 3 is 2.64 bits per heavy atom. The molecular formula is C12H15NO. The molecule has 0 atom stereocenters. The lowest BCUT2D eigenvalue weighted by molar-refractivity contribution is 0.135. The summed E-state index contributed by atoms with van der Waals surface area (Å²) in [6.07, 6.45) is 2.38. The standard InChI is InChI=1S/C12H15NO/c13-9-4-5-10-14-11-8-12-6-2-1-3-7-12/h1-3,6-7H,4-5,8,10-11H2. The van der Waals surface area contributed by atoms with Crippen LogP contribution in [-0.4, -0.2) is 13.2 Å². The molecule has 0 aliphatic heterocycles. The molecule has 14 heavy (non-hydrogen) atoms. The molecule has 0 aliphatic rings. The molecule has 1 aromatic carbocycles. The Morgan fingerprint density at radius 1 is 1.14 bits per heavy atom. The summed E-state index contributed by atoms with van der Waals surface area (Å²) in [5.41, 5.74) is 1.30. The fourth-order valence-corrected chi connectivity index (χ4v) is 1.19. The lowest BCUT2D eigenvalue weighted by atomic mass is 10.2. The maximum Gasteiger partial charge on any atom is 0.0622 e.